The highest BCUT2D eigenvalue weighted by atomic mass is 16.5. The minimum Gasteiger partial charge on any atom is -0.493 e. The summed E-state index contributed by atoms with van der Waals surface area (Å²) < 4.78 is 12.0. The second-order valence-corrected chi connectivity index (χ2v) is 3.88. The van der Waals surface area contributed by atoms with E-state index in [1.54, 1.807) is 24.3 Å². The average Bonchev–Trinajstić information content (AvgIpc) is 3.04. The molecule has 0 radical (unpaired) electrons. The lowest BCUT2D eigenvalue weighted by Crippen LogP contribution is -2.11. The second-order valence-electron chi connectivity index (χ2n) is 3.88. The van der Waals surface area contributed by atoms with Crippen molar-refractivity contribution in [3.63, 3.8) is 0 Å². The van der Waals surface area contributed by atoms with E-state index >= 15 is 0 Å². The topological polar surface area (TPSA) is 57.3 Å². The molecule has 0 saturated carbocycles. The first-order valence-electron chi connectivity index (χ1n) is 5.91. The van der Waals surface area contributed by atoms with Crippen molar-refractivity contribution in [1.82, 2.24) is 9.78 Å². The molecular formula is C13H16N2O3. The van der Waals surface area contributed by atoms with Crippen LogP contribution in [0.1, 0.15) is 29.6 Å². The molecule has 0 aliphatic heterocycles. The van der Waals surface area contributed by atoms with Gasteiger partial charge in [0, 0.05) is 19.4 Å². The number of carbonyl (C=O) groups excluding carboxylic acids is 1. The third-order valence-electron chi connectivity index (χ3n) is 2.77. The minimum atomic E-state index is 0.0163. The molecule has 5 heteroatoms. The monoisotopic (exact) mass is 248 g/mol. The number of aromatic nitrogens is 2. The van der Waals surface area contributed by atoms with Gasteiger partial charge in [0.15, 0.2) is 11.5 Å². The number of carbonyl (C=O) groups is 1. The van der Waals surface area contributed by atoms with Gasteiger partial charge >= 0.3 is 0 Å². The molecule has 0 aromatic carbocycles. The van der Waals surface area contributed by atoms with Crippen molar-refractivity contribution < 1.29 is 13.9 Å². The van der Waals surface area contributed by atoms with E-state index in [2.05, 4.69) is 5.10 Å². The van der Waals surface area contributed by atoms with Gasteiger partial charge in [0.25, 0.3) is 0 Å². The molecule has 2 rings (SSSR count). The fourth-order valence-electron chi connectivity index (χ4n) is 1.85. The van der Waals surface area contributed by atoms with Gasteiger partial charge in [-0.3, -0.25) is 9.48 Å². The Morgan fingerprint density at radius 1 is 1.56 bits per heavy atom. The van der Waals surface area contributed by atoms with Gasteiger partial charge in [-0.1, -0.05) is 0 Å². The molecule has 0 atom stereocenters. The summed E-state index contributed by atoms with van der Waals surface area (Å²) in [4.78, 5) is 12.2. The van der Waals surface area contributed by atoms with Gasteiger partial charge in [-0.2, -0.15) is 5.10 Å². The summed E-state index contributed by atoms with van der Waals surface area (Å²) in [5, 5.41) is 4.12. The molecule has 18 heavy (non-hydrogen) atoms. The molecule has 0 aliphatic carbocycles. The lowest BCUT2D eigenvalue weighted by molar-refractivity contribution is 0.0967. The van der Waals surface area contributed by atoms with Gasteiger partial charge in [0.05, 0.1) is 19.6 Å². The zero-order chi connectivity index (χ0) is 13.0. The molecule has 0 bridgehead atoms. The molecule has 0 spiro atoms. The van der Waals surface area contributed by atoms with Crippen molar-refractivity contribution in [2.24, 2.45) is 0 Å². The molecule has 0 fully saturated rings. The largest absolute Gasteiger partial charge is 0.493 e. The summed E-state index contributed by atoms with van der Waals surface area (Å²) >= 11 is 0. The summed E-state index contributed by atoms with van der Waals surface area (Å²) in [7, 11) is 1.54. The fourth-order valence-corrected chi connectivity index (χ4v) is 1.85. The van der Waals surface area contributed by atoms with E-state index in [9.17, 15) is 4.79 Å². The average molecular weight is 248 g/mol. The summed E-state index contributed by atoms with van der Waals surface area (Å²) in [6.45, 7) is 2.58. The Labute approximate surface area is 105 Å². The lowest BCUT2D eigenvalue weighted by Gasteiger charge is -2.05. The summed E-state index contributed by atoms with van der Waals surface area (Å²) in [6, 6.07) is 3.68. The Morgan fingerprint density at radius 2 is 2.39 bits per heavy atom. The summed E-state index contributed by atoms with van der Waals surface area (Å²) in [5.41, 5.74) is 0.534. The van der Waals surface area contributed by atoms with Gasteiger partial charge in [0.1, 0.15) is 11.5 Å². The molecule has 2 aromatic heterocycles. The normalized spacial score (nSPS) is 10.6. The third kappa shape index (κ3) is 2.45. The number of hydrogen-bond donors (Lipinski definition) is 0. The number of furan rings is 1. The number of rotatable bonds is 6. The van der Waals surface area contributed by atoms with Crippen molar-refractivity contribution in [3.05, 3.63) is 36.0 Å². The number of ketones is 1. The van der Waals surface area contributed by atoms with Crippen LogP contribution in [0.2, 0.25) is 0 Å². The van der Waals surface area contributed by atoms with Crippen LogP contribution in [0.25, 0.3) is 0 Å². The van der Waals surface area contributed by atoms with E-state index in [1.165, 1.54) is 0 Å². The van der Waals surface area contributed by atoms with Crippen molar-refractivity contribution in [2.45, 2.75) is 26.3 Å². The van der Waals surface area contributed by atoms with Crippen molar-refractivity contribution in [2.75, 3.05) is 7.11 Å². The van der Waals surface area contributed by atoms with Gasteiger partial charge in [-0.05, 0) is 19.1 Å². The minimum absolute atomic E-state index is 0.0163. The Morgan fingerprint density at radius 3 is 3.00 bits per heavy atom. The van der Waals surface area contributed by atoms with Crippen LogP contribution in [-0.2, 0) is 13.0 Å². The molecule has 96 valence electrons. The maximum absolute atomic E-state index is 12.2. The lowest BCUT2D eigenvalue weighted by atomic mass is 10.1. The first-order chi connectivity index (χ1) is 8.76. The van der Waals surface area contributed by atoms with Crippen LogP contribution in [0, 0.1) is 0 Å². The first kappa shape index (κ1) is 12.4. The molecule has 0 unspecified atom stereocenters. The molecule has 2 heterocycles. The molecular weight excluding hydrogens is 232 g/mol. The molecule has 0 aliphatic rings. The van der Waals surface area contributed by atoms with Crippen molar-refractivity contribution >= 4 is 5.78 Å². The van der Waals surface area contributed by atoms with Crippen LogP contribution in [0.15, 0.2) is 29.0 Å². The fraction of sp³-hybridized carbons (Fsp3) is 0.385. The van der Waals surface area contributed by atoms with Crippen molar-refractivity contribution in [1.29, 1.82) is 0 Å². The van der Waals surface area contributed by atoms with Crippen LogP contribution in [0.3, 0.4) is 0 Å². The van der Waals surface area contributed by atoms with Gasteiger partial charge < -0.3 is 9.15 Å². The molecule has 0 amide bonds. The summed E-state index contributed by atoms with van der Waals surface area (Å²) in [5.74, 6) is 1.36. The summed E-state index contributed by atoms with van der Waals surface area (Å²) in [6.07, 6.45) is 4.15. The molecule has 5 nitrogen and oxygen atoms in total. The Balaban J connectivity index is 2.10. The molecule has 0 saturated heterocycles. The van der Waals surface area contributed by atoms with E-state index < -0.39 is 0 Å². The Kier molecular flexibility index (Phi) is 3.82. The van der Waals surface area contributed by atoms with E-state index in [0.717, 1.165) is 5.76 Å². The van der Waals surface area contributed by atoms with Gasteiger partial charge in [-0.25, -0.2) is 0 Å². The van der Waals surface area contributed by atoms with E-state index in [-0.39, 0.29) is 5.78 Å². The van der Waals surface area contributed by atoms with Gasteiger partial charge in [0.2, 0.25) is 0 Å². The predicted octanol–water partition coefficient (Wildman–Crippen LogP) is 2.32. The molecule has 0 N–H and O–H groups in total. The standard InChI is InChI=1S/C13H16N2O3/c1-3-15-13(12(17-2)9-14-15)11(16)7-6-10-5-4-8-18-10/h4-5,8-9H,3,6-7H2,1-2H3. The number of methoxy groups -OCH3 is 1. The first-order valence-corrected chi connectivity index (χ1v) is 5.91. The third-order valence-corrected chi connectivity index (χ3v) is 2.77. The number of aryl methyl sites for hydroxylation is 2. The van der Waals surface area contributed by atoms with Crippen LogP contribution >= 0.6 is 0 Å². The number of hydrogen-bond acceptors (Lipinski definition) is 4. The number of ether oxygens (including phenoxy) is 1. The van der Waals surface area contributed by atoms with E-state index in [0.29, 0.717) is 30.8 Å². The zero-order valence-electron chi connectivity index (χ0n) is 10.5. The quantitative estimate of drug-likeness (QED) is 0.736. The van der Waals surface area contributed by atoms with Crippen molar-refractivity contribution in [3.8, 4) is 5.75 Å². The molecule has 2 aromatic rings. The van der Waals surface area contributed by atoms with Crippen LogP contribution in [0.4, 0.5) is 0 Å². The number of Topliss-reactive ketones (excluding diaryl/α,β-unsaturated/α-hetero) is 1. The van der Waals surface area contributed by atoms with Crippen LogP contribution < -0.4 is 4.74 Å². The Hall–Kier alpha value is -2.04. The zero-order valence-corrected chi connectivity index (χ0v) is 10.5. The van der Waals surface area contributed by atoms with E-state index in [4.69, 9.17) is 9.15 Å². The maximum atomic E-state index is 12.2. The second kappa shape index (κ2) is 5.53. The Bertz CT molecular complexity index is 493. The highest BCUT2D eigenvalue weighted by Gasteiger charge is 2.18. The SMILES string of the molecule is CCn1ncc(OC)c1C(=O)CCc1ccco1. The smallest absolute Gasteiger partial charge is 0.185 e. The van der Waals surface area contributed by atoms with E-state index in [1.807, 2.05) is 19.1 Å². The highest BCUT2D eigenvalue weighted by Crippen LogP contribution is 2.20. The van der Waals surface area contributed by atoms with Crippen LogP contribution in [0.5, 0.6) is 5.75 Å². The maximum Gasteiger partial charge on any atom is 0.185 e. The predicted molar refractivity (Wildman–Crippen MR) is 65.8 cm³/mol. The van der Waals surface area contributed by atoms with Gasteiger partial charge in [-0.15, -0.1) is 0 Å². The van der Waals surface area contributed by atoms with Crippen LogP contribution in [-0.4, -0.2) is 22.7 Å². The highest BCUT2D eigenvalue weighted by molar-refractivity contribution is 5.97. The number of nitrogens with zero attached hydrogens (tertiary/aromatic N) is 2.